The summed E-state index contributed by atoms with van der Waals surface area (Å²) < 4.78 is 58.7. The lowest BCUT2D eigenvalue weighted by atomic mass is 10.1. The van der Waals surface area contributed by atoms with E-state index in [2.05, 4.69) is 40.5 Å². The first-order valence-electron chi connectivity index (χ1n) is 18.9. The van der Waals surface area contributed by atoms with Crippen LogP contribution >= 0.6 is 23.2 Å². The van der Waals surface area contributed by atoms with Gasteiger partial charge in [-0.15, -0.1) is 0 Å². The average Bonchev–Trinajstić information content (AvgIpc) is 3.28. The molecule has 7 aromatic rings. The Labute approximate surface area is 362 Å². The molecule has 0 radical (unpaired) electrons. The van der Waals surface area contributed by atoms with Gasteiger partial charge in [0.15, 0.2) is 5.82 Å². The summed E-state index contributed by atoms with van der Waals surface area (Å²) in [5.74, 6) is -1.20. The highest BCUT2D eigenvalue weighted by atomic mass is 35.5. The number of morpholine rings is 1. The van der Waals surface area contributed by atoms with E-state index < -0.39 is 29.4 Å². The van der Waals surface area contributed by atoms with Gasteiger partial charge in [-0.1, -0.05) is 83.9 Å². The molecule has 8 rings (SSSR count). The molecule has 3 aromatic heterocycles. The third kappa shape index (κ3) is 10.4. The normalized spacial score (nSPS) is 12.5. The predicted molar refractivity (Wildman–Crippen MR) is 230 cm³/mol. The van der Waals surface area contributed by atoms with E-state index in [4.69, 9.17) is 27.9 Å². The summed E-state index contributed by atoms with van der Waals surface area (Å²) in [5, 5.41) is 5.31. The maximum absolute atomic E-state index is 14.6. The van der Waals surface area contributed by atoms with Crippen LogP contribution in [0.5, 0.6) is 0 Å². The number of hydrogen-bond donors (Lipinski definition) is 2. The first-order chi connectivity index (χ1) is 29.9. The van der Waals surface area contributed by atoms with Crippen molar-refractivity contribution in [1.82, 2.24) is 24.9 Å². The van der Waals surface area contributed by atoms with Crippen molar-refractivity contribution < 1.29 is 31.9 Å². The zero-order valence-electron chi connectivity index (χ0n) is 32.6. The van der Waals surface area contributed by atoms with Crippen molar-refractivity contribution in [3.8, 4) is 33.9 Å². The number of pyridine rings is 1. The van der Waals surface area contributed by atoms with Crippen molar-refractivity contribution in [2.75, 3.05) is 41.8 Å². The molecule has 11 nitrogen and oxygen atoms in total. The molecule has 1 aliphatic rings. The SMILES string of the molecule is Cc1ncc(NC(=O)c2cc(-c3ncccn3)c(Cl)cc2F)c(-c2ccccc2)n1.O=C(Nc1cc(N2CCOCC2)cnc1-c1ccccc1)c1ccc(C(F)(F)F)cc1Cl. The molecule has 0 atom stereocenters. The zero-order valence-corrected chi connectivity index (χ0v) is 34.1. The molecule has 0 unspecified atom stereocenters. The van der Waals surface area contributed by atoms with Gasteiger partial charge in [-0.3, -0.25) is 14.6 Å². The van der Waals surface area contributed by atoms with E-state index in [0.717, 1.165) is 41.1 Å². The molecular formula is C45H34Cl2F4N8O3. The topological polar surface area (TPSA) is 135 Å². The molecule has 1 fully saturated rings. The fraction of sp³-hybridized carbons (Fsp3) is 0.133. The predicted octanol–water partition coefficient (Wildman–Crippen LogP) is 10.5. The Bertz CT molecular complexity index is 2710. The van der Waals surface area contributed by atoms with Gasteiger partial charge in [-0.25, -0.2) is 24.3 Å². The minimum absolute atomic E-state index is 0.0598. The number of ether oxygens (including phenoxy) is 1. The smallest absolute Gasteiger partial charge is 0.378 e. The van der Waals surface area contributed by atoms with E-state index in [1.54, 1.807) is 25.3 Å². The minimum Gasteiger partial charge on any atom is -0.378 e. The minimum atomic E-state index is -4.55. The fourth-order valence-corrected chi connectivity index (χ4v) is 6.84. The number of halogens is 6. The molecule has 0 saturated carbocycles. The number of nitrogens with one attached hydrogen (secondary N) is 2. The summed E-state index contributed by atoms with van der Waals surface area (Å²) in [6.45, 7) is 4.30. The van der Waals surface area contributed by atoms with Crippen molar-refractivity contribution in [3.63, 3.8) is 0 Å². The monoisotopic (exact) mass is 880 g/mol. The molecule has 1 aliphatic heterocycles. The van der Waals surface area contributed by atoms with Gasteiger partial charge in [0.1, 0.15) is 11.6 Å². The van der Waals surface area contributed by atoms with Crippen LogP contribution in [0, 0.1) is 12.7 Å². The number of benzene rings is 4. The summed E-state index contributed by atoms with van der Waals surface area (Å²) in [6, 6.07) is 27.1. The van der Waals surface area contributed by atoms with E-state index in [0.29, 0.717) is 66.3 Å². The number of carbonyl (C=O) groups excluding carboxylic acids is 2. The largest absolute Gasteiger partial charge is 0.416 e. The van der Waals surface area contributed by atoms with Crippen molar-refractivity contribution in [2.45, 2.75) is 13.1 Å². The summed E-state index contributed by atoms with van der Waals surface area (Å²) >= 11 is 12.2. The number of aryl methyl sites for hydroxylation is 1. The highest BCUT2D eigenvalue weighted by Gasteiger charge is 2.31. The van der Waals surface area contributed by atoms with Gasteiger partial charge < -0.3 is 20.3 Å². The Kier molecular flexibility index (Phi) is 13.5. The maximum Gasteiger partial charge on any atom is 0.416 e. The number of aromatic nitrogens is 5. The molecular weight excluding hydrogens is 847 g/mol. The number of carbonyl (C=O) groups is 2. The van der Waals surface area contributed by atoms with Crippen LogP contribution in [0.25, 0.3) is 33.9 Å². The van der Waals surface area contributed by atoms with Crippen LogP contribution in [0.15, 0.2) is 128 Å². The molecule has 1 saturated heterocycles. The third-order valence-electron chi connectivity index (χ3n) is 9.40. The van der Waals surface area contributed by atoms with E-state index in [9.17, 15) is 27.2 Å². The number of alkyl halides is 3. The van der Waals surface area contributed by atoms with Gasteiger partial charge in [0.25, 0.3) is 11.8 Å². The van der Waals surface area contributed by atoms with Gasteiger partial charge in [0, 0.05) is 42.2 Å². The highest BCUT2D eigenvalue weighted by Crippen LogP contribution is 2.35. The molecule has 0 aliphatic carbocycles. The van der Waals surface area contributed by atoms with Crippen LogP contribution in [0.2, 0.25) is 10.0 Å². The van der Waals surface area contributed by atoms with Crippen LogP contribution in [0.1, 0.15) is 32.1 Å². The van der Waals surface area contributed by atoms with Gasteiger partial charge in [-0.2, -0.15) is 13.2 Å². The Morgan fingerprint density at radius 3 is 1.97 bits per heavy atom. The lowest BCUT2D eigenvalue weighted by Gasteiger charge is -2.29. The van der Waals surface area contributed by atoms with Crippen molar-refractivity contribution in [3.05, 3.63) is 166 Å². The van der Waals surface area contributed by atoms with Gasteiger partial charge >= 0.3 is 6.18 Å². The summed E-state index contributed by atoms with van der Waals surface area (Å²) in [4.78, 5) is 49.3. The maximum atomic E-state index is 14.6. The van der Waals surface area contributed by atoms with E-state index in [-0.39, 0.29) is 21.2 Å². The number of nitrogens with zero attached hydrogens (tertiary/aromatic N) is 6. The van der Waals surface area contributed by atoms with Crippen molar-refractivity contribution in [2.24, 2.45) is 0 Å². The summed E-state index contributed by atoms with van der Waals surface area (Å²) in [5.41, 5.74) is 3.45. The first-order valence-corrected chi connectivity index (χ1v) is 19.6. The number of hydrogen-bond acceptors (Lipinski definition) is 9. The van der Waals surface area contributed by atoms with Crippen molar-refractivity contribution >= 4 is 52.1 Å². The second-order valence-corrected chi connectivity index (χ2v) is 14.4. The molecule has 4 heterocycles. The molecule has 0 bridgehead atoms. The van der Waals surface area contributed by atoms with Crippen LogP contribution < -0.4 is 15.5 Å². The molecule has 2 amide bonds. The lowest BCUT2D eigenvalue weighted by Crippen LogP contribution is -2.36. The Morgan fingerprint density at radius 1 is 0.694 bits per heavy atom. The Hall–Kier alpha value is -6.81. The van der Waals surface area contributed by atoms with Crippen LogP contribution in [-0.4, -0.2) is 63.0 Å². The van der Waals surface area contributed by atoms with Gasteiger partial charge in [-0.05, 0) is 49.4 Å². The van der Waals surface area contributed by atoms with Gasteiger partial charge in [0.2, 0.25) is 0 Å². The number of rotatable bonds is 8. The quantitative estimate of drug-likeness (QED) is 0.143. The second kappa shape index (κ2) is 19.3. The first kappa shape index (κ1) is 43.3. The zero-order chi connectivity index (χ0) is 43.8. The van der Waals surface area contributed by atoms with Crippen LogP contribution in [0.3, 0.4) is 0 Å². The molecule has 62 heavy (non-hydrogen) atoms. The van der Waals surface area contributed by atoms with Gasteiger partial charge in [0.05, 0.1) is 80.8 Å². The number of anilines is 3. The molecule has 2 N–H and O–H groups in total. The van der Waals surface area contributed by atoms with E-state index >= 15 is 0 Å². The van der Waals surface area contributed by atoms with Crippen LogP contribution in [0.4, 0.5) is 34.6 Å². The highest BCUT2D eigenvalue weighted by molar-refractivity contribution is 6.34. The van der Waals surface area contributed by atoms with Crippen molar-refractivity contribution in [1.29, 1.82) is 0 Å². The molecule has 0 spiro atoms. The Morgan fingerprint density at radius 2 is 1.32 bits per heavy atom. The molecule has 17 heteroatoms. The summed E-state index contributed by atoms with van der Waals surface area (Å²) in [6.07, 6.45) is 1.76. The average molecular weight is 882 g/mol. The summed E-state index contributed by atoms with van der Waals surface area (Å²) in [7, 11) is 0. The lowest BCUT2D eigenvalue weighted by molar-refractivity contribution is -0.137. The second-order valence-electron chi connectivity index (χ2n) is 13.6. The standard InChI is InChI=1S/C23H19ClF3N3O2.C22H15ClFN5O/c24-19-12-16(23(25,26)27)6-7-18(19)22(31)29-20-13-17(30-8-10-32-11-9-30)14-28-21(20)15-4-2-1-3-5-15;1-13-27-12-19(20(28-13)14-6-3-2-4-7-14)29-22(30)16-10-15(17(23)11-18(16)24)21-25-8-5-9-26-21/h1-7,12-14H,8-11H2,(H,29,31);2-12H,1H3,(H,29,30). The van der Waals surface area contributed by atoms with Crippen LogP contribution in [-0.2, 0) is 10.9 Å². The third-order valence-corrected chi connectivity index (χ3v) is 10.0. The number of amides is 2. The Balaban J connectivity index is 0.000000187. The fourth-order valence-electron chi connectivity index (χ4n) is 6.33. The molecule has 4 aromatic carbocycles. The van der Waals surface area contributed by atoms with E-state index in [1.165, 1.54) is 24.7 Å². The van der Waals surface area contributed by atoms with E-state index in [1.807, 2.05) is 60.7 Å². The molecule has 314 valence electrons.